The zero-order chi connectivity index (χ0) is 20.5. The van der Waals surface area contributed by atoms with E-state index in [-0.39, 0.29) is 17.8 Å². The van der Waals surface area contributed by atoms with Crippen LogP contribution in [0, 0.1) is 11.3 Å². The summed E-state index contributed by atoms with van der Waals surface area (Å²) in [6, 6.07) is -0.645. The molecule has 0 radical (unpaired) electrons. The molecule has 4 N–H and O–H groups in total. The number of carbonyl (C=O) groups is 3. The molecule has 1 spiro atoms. The fourth-order valence-corrected chi connectivity index (χ4v) is 3.84. The summed E-state index contributed by atoms with van der Waals surface area (Å²) in [5, 5.41) is 4.76. The van der Waals surface area contributed by atoms with E-state index in [1.54, 1.807) is 0 Å². The van der Waals surface area contributed by atoms with Gasteiger partial charge in [0.15, 0.2) is 0 Å². The number of alkyl halides is 2. The molecule has 1 saturated heterocycles. The second kappa shape index (κ2) is 8.90. The largest absolute Gasteiger partial charge is 0.348 e. The number of rotatable bonds is 7. The van der Waals surface area contributed by atoms with Crippen molar-refractivity contribution in [3.8, 4) is 0 Å². The summed E-state index contributed by atoms with van der Waals surface area (Å²) < 4.78 is 26.3. The first-order valence-corrected chi connectivity index (χ1v) is 9.45. The Morgan fingerprint density at radius 1 is 1.32 bits per heavy atom. The molecule has 4 amide bonds. The number of nitrogens with zero attached hydrogens (tertiary/aromatic N) is 1. The fourth-order valence-electron chi connectivity index (χ4n) is 3.84. The number of imide groups is 1. The van der Waals surface area contributed by atoms with Gasteiger partial charge in [0, 0.05) is 0 Å². The van der Waals surface area contributed by atoms with Crippen LogP contribution in [0.1, 0.15) is 52.9 Å². The molecule has 10 heteroatoms. The van der Waals surface area contributed by atoms with E-state index in [1.807, 2.05) is 5.32 Å². The van der Waals surface area contributed by atoms with Crippen LogP contribution >= 0.6 is 12.4 Å². The summed E-state index contributed by atoms with van der Waals surface area (Å²) in [5.41, 5.74) is 4.11. The molecule has 0 unspecified atom stereocenters. The van der Waals surface area contributed by atoms with Crippen molar-refractivity contribution in [2.75, 3.05) is 19.6 Å². The molecule has 0 bridgehead atoms. The Kier molecular flexibility index (Phi) is 7.81. The predicted octanol–water partition coefficient (Wildman–Crippen LogP) is 2.04. The Morgan fingerprint density at radius 3 is 2.39 bits per heavy atom. The number of hydrogen-bond acceptors (Lipinski definition) is 4. The third-order valence-electron chi connectivity index (χ3n) is 6.25. The third kappa shape index (κ3) is 5.11. The molecule has 1 aliphatic heterocycles. The van der Waals surface area contributed by atoms with E-state index in [9.17, 15) is 23.2 Å². The number of amides is 4. The van der Waals surface area contributed by atoms with E-state index in [2.05, 4.69) is 26.1 Å². The third-order valence-corrected chi connectivity index (χ3v) is 6.25. The van der Waals surface area contributed by atoms with Crippen molar-refractivity contribution in [1.82, 2.24) is 15.5 Å². The Bertz CT molecular complexity index is 608. The minimum absolute atomic E-state index is 0. The molecule has 1 heterocycles. The molecular weight excluding hydrogens is 394 g/mol. The molecular formula is C18H31ClF2N4O3. The highest BCUT2D eigenvalue weighted by Crippen LogP contribution is 2.45. The van der Waals surface area contributed by atoms with Gasteiger partial charge in [0.2, 0.25) is 5.91 Å². The highest BCUT2D eigenvalue weighted by molar-refractivity contribution is 6.09. The SMILES string of the molecule is CCC(C)(C)C1CCC2(CC1)NC(=O)N(CC(=O)NCC(F)(F)CN)C2=O.Cl. The van der Waals surface area contributed by atoms with E-state index in [1.165, 1.54) is 0 Å². The maximum absolute atomic E-state index is 13.1. The van der Waals surface area contributed by atoms with Crippen LogP contribution in [0.2, 0.25) is 0 Å². The molecule has 0 aromatic heterocycles. The highest BCUT2D eigenvalue weighted by Gasteiger charge is 2.53. The minimum Gasteiger partial charge on any atom is -0.348 e. The standard InChI is InChI=1S/C18H30F2N4O3.ClH/c1-4-16(2,3)12-5-7-17(8-6-12)14(26)24(15(27)23-17)9-13(25)22-11-18(19,20)10-21;/h12H,4-11,21H2,1-3H3,(H,22,25)(H,23,27);1H. The van der Waals surface area contributed by atoms with Gasteiger partial charge in [-0.15, -0.1) is 12.4 Å². The summed E-state index contributed by atoms with van der Waals surface area (Å²) in [5.74, 6) is -4.02. The van der Waals surface area contributed by atoms with Crippen LogP contribution in [0.5, 0.6) is 0 Å². The molecule has 28 heavy (non-hydrogen) atoms. The van der Waals surface area contributed by atoms with Crippen LogP contribution < -0.4 is 16.4 Å². The Hall–Kier alpha value is -1.48. The van der Waals surface area contributed by atoms with Gasteiger partial charge in [-0.1, -0.05) is 27.2 Å². The first-order chi connectivity index (χ1) is 12.5. The Balaban J connectivity index is 0.00000392. The lowest BCUT2D eigenvalue weighted by molar-refractivity contribution is -0.136. The van der Waals surface area contributed by atoms with Crippen molar-refractivity contribution in [3.63, 3.8) is 0 Å². The zero-order valence-corrected chi connectivity index (χ0v) is 17.5. The molecule has 2 fully saturated rings. The van der Waals surface area contributed by atoms with Gasteiger partial charge in [0.05, 0.1) is 13.1 Å². The average molecular weight is 425 g/mol. The monoisotopic (exact) mass is 424 g/mol. The number of carbonyl (C=O) groups excluding carboxylic acids is 3. The van der Waals surface area contributed by atoms with Crippen molar-refractivity contribution in [3.05, 3.63) is 0 Å². The lowest BCUT2D eigenvalue weighted by Crippen LogP contribution is -2.51. The van der Waals surface area contributed by atoms with E-state index < -0.39 is 48.9 Å². The van der Waals surface area contributed by atoms with Crippen LogP contribution in [0.3, 0.4) is 0 Å². The molecule has 1 saturated carbocycles. The van der Waals surface area contributed by atoms with Gasteiger partial charge in [-0.2, -0.15) is 0 Å². The number of hydrogen-bond donors (Lipinski definition) is 3. The average Bonchev–Trinajstić information content (AvgIpc) is 2.84. The number of nitrogens with one attached hydrogen (secondary N) is 2. The Morgan fingerprint density at radius 2 is 1.89 bits per heavy atom. The summed E-state index contributed by atoms with van der Waals surface area (Å²) in [4.78, 5) is 37.7. The van der Waals surface area contributed by atoms with E-state index >= 15 is 0 Å². The van der Waals surface area contributed by atoms with Gasteiger partial charge in [-0.05, 0) is 37.0 Å². The molecule has 0 aromatic rings. The Labute approximate surface area is 170 Å². The number of urea groups is 1. The van der Waals surface area contributed by atoms with Crippen molar-refractivity contribution in [1.29, 1.82) is 0 Å². The predicted molar refractivity (Wildman–Crippen MR) is 103 cm³/mol. The number of nitrogens with two attached hydrogens (primary N) is 1. The second-order valence-electron chi connectivity index (χ2n) is 8.36. The van der Waals surface area contributed by atoms with Gasteiger partial charge in [0.1, 0.15) is 12.1 Å². The quantitative estimate of drug-likeness (QED) is 0.544. The first kappa shape index (κ1) is 24.6. The van der Waals surface area contributed by atoms with Gasteiger partial charge in [-0.25, -0.2) is 13.6 Å². The second-order valence-corrected chi connectivity index (χ2v) is 8.36. The van der Waals surface area contributed by atoms with Crippen LogP contribution in [0.15, 0.2) is 0 Å². The fraction of sp³-hybridized carbons (Fsp3) is 0.833. The maximum Gasteiger partial charge on any atom is 0.325 e. The minimum atomic E-state index is -3.22. The maximum atomic E-state index is 13.1. The zero-order valence-electron chi connectivity index (χ0n) is 16.6. The molecule has 2 aliphatic rings. The first-order valence-electron chi connectivity index (χ1n) is 9.45. The van der Waals surface area contributed by atoms with Crippen LogP contribution in [0.25, 0.3) is 0 Å². The summed E-state index contributed by atoms with van der Waals surface area (Å²) in [6.45, 7) is 4.16. The number of halogens is 3. The molecule has 2 rings (SSSR count). The van der Waals surface area contributed by atoms with Crippen molar-refractivity contribution < 1.29 is 23.2 Å². The van der Waals surface area contributed by atoms with Crippen molar-refractivity contribution in [2.45, 2.75) is 64.3 Å². The molecule has 162 valence electrons. The molecule has 0 aromatic carbocycles. The smallest absolute Gasteiger partial charge is 0.325 e. The topological polar surface area (TPSA) is 105 Å². The van der Waals surface area contributed by atoms with Gasteiger partial charge in [0.25, 0.3) is 11.8 Å². The normalized spacial score (nSPS) is 25.5. The van der Waals surface area contributed by atoms with Gasteiger partial charge in [-0.3, -0.25) is 14.5 Å². The molecule has 1 aliphatic carbocycles. The molecule has 0 atom stereocenters. The van der Waals surface area contributed by atoms with E-state index in [0.29, 0.717) is 18.8 Å². The van der Waals surface area contributed by atoms with Gasteiger partial charge < -0.3 is 16.4 Å². The van der Waals surface area contributed by atoms with E-state index in [0.717, 1.165) is 24.2 Å². The van der Waals surface area contributed by atoms with E-state index in [4.69, 9.17) is 5.73 Å². The van der Waals surface area contributed by atoms with Crippen LogP contribution in [-0.2, 0) is 9.59 Å². The van der Waals surface area contributed by atoms with Gasteiger partial charge >= 0.3 is 6.03 Å². The van der Waals surface area contributed by atoms with Crippen LogP contribution in [-0.4, -0.2) is 53.8 Å². The van der Waals surface area contributed by atoms with Crippen molar-refractivity contribution in [2.24, 2.45) is 17.1 Å². The lowest BCUT2D eigenvalue weighted by atomic mass is 9.65. The summed E-state index contributed by atoms with van der Waals surface area (Å²) in [7, 11) is 0. The lowest BCUT2D eigenvalue weighted by Gasteiger charge is -2.42. The molecule has 7 nitrogen and oxygen atoms in total. The van der Waals surface area contributed by atoms with Crippen molar-refractivity contribution >= 4 is 30.3 Å². The summed E-state index contributed by atoms with van der Waals surface area (Å²) in [6.07, 6.45) is 3.71. The highest BCUT2D eigenvalue weighted by atomic mass is 35.5. The summed E-state index contributed by atoms with van der Waals surface area (Å²) >= 11 is 0. The van der Waals surface area contributed by atoms with Crippen LogP contribution in [0.4, 0.5) is 13.6 Å².